The first-order valence-corrected chi connectivity index (χ1v) is 6.76. The minimum Gasteiger partial charge on any atom is -0.462 e. The van der Waals surface area contributed by atoms with Crippen LogP contribution < -0.4 is 5.43 Å². The number of ether oxygens (including phenoxy) is 1. The van der Waals surface area contributed by atoms with Gasteiger partial charge in [0.25, 0.3) is 0 Å². The number of carbonyl (C=O) groups excluding carboxylic acids is 1. The monoisotopic (exact) mass is 306 g/mol. The molecule has 0 saturated heterocycles. The topological polar surface area (TPSA) is 79.4 Å². The van der Waals surface area contributed by atoms with Crippen molar-refractivity contribution in [2.24, 2.45) is 5.10 Å². The molecule has 0 spiro atoms. The number of aryl methyl sites for hydroxylation is 1. The third-order valence-electron chi connectivity index (χ3n) is 2.66. The van der Waals surface area contributed by atoms with Gasteiger partial charge in [0, 0.05) is 10.7 Å². The molecule has 2 aromatic rings. The number of carbonyl (C=O) groups is 1. The van der Waals surface area contributed by atoms with Gasteiger partial charge in [-0.25, -0.2) is 4.79 Å². The van der Waals surface area contributed by atoms with E-state index in [0.29, 0.717) is 28.7 Å². The molecule has 7 heteroatoms. The second-order valence-electron chi connectivity index (χ2n) is 4.22. The zero-order valence-corrected chi connectivity index (χ0v) is 12.4. The van der Waals surface area contributed by atoms with E-state index in [1.807, 2.05) is 12.1 Å². The number of aromatic amines is 1. The SMILES string of the molecule is CCOC(=O)c1c(N/N=C\c2cccc(Cl)c2)n[nH]c1C. The molecule has 2 N–H and O–H groups in total. The Hall–Kier alpha value is -2.34. The molecule has 0 aliphatic heterocycles. The molecule has 1 aromatic heterocycles. The number of hydrogen-bond acceptors (Lipinski definition) is 5. The van der Waals surface area contributed by atoms with Crippen molar-refractivity contribution in [1.29, 1.82) is 0 Å². The van der Waals surface area contributed by atoms with Crippen molar-refractivity contribution in [3.05, 3.63) is 46.1 Å². The Labute approximate surface area is 127 Å². The predicted octanol–water partition coefficient (Wildman–Crippen LogP) is 2.99. The lowest BCUT2D eigenvalue weighted by Crippen LogP contribution is -2.08. The van der Waals surface area contributed by atoms with Crippen LogP contribution in [-0.4, -0.2) is 29.0 Å². The van der Waals surface area contributed by atoms with Gasteiger partial charge in [-0.1, -0.05) is 23.7 Å². The molecule has 1 aromatic carbocycles. The van der Waals surface area contributed by atoms with Gasteiger partial charge in [0.05, 0.1) is 12.8 Å². The highest BCUT2D eigenvalue weighted by molar-refractivity contribution is 6.30. The van der Waals surface area contributed by atoms with Crippen LogP contribution in [0.3, 0.4) is 0 Å². The lowest BCUT2D eigenvalue weighted by Gasteiger charge is -2.02. The zero-order valence-electron chi connectivity index (χ0n) is 11.7. The molecule has 0 amide bonds. The maximum Gasteiger partial charge on any atom is 0.343 e. The van der Waals surface area contributed by atoms with E-state index in [-0.39, 0.29) is 0 Å². The van der Waals surface area contributed by atoms with Crippen molar-refractivity contribution >= 4 is 29.6 Å². The molecule has 0 aliphatic rings. The Bertz CT molecular complexity index is 667. The fourth-order valence-corrected chi connectivity index (χ4v) is 1.92. The summed E-state index contributed by atoms with van der Waals surface area (Å²) in [6.07, 6.45) is 1.59. The maximum absolute atomic E-state index is 11.8. The molecule has 0 saturated carbocycles. The van der Waals surface area contributed by atoms with Crippen molar-refractivity contribution < 1.29 is 9.53 Å². The molecule has 6 nitrogen and oxygen atoms in total. The lowest BCUT2D eigenvalue weighted by atomic mass is 10.2. The summed E-state index contributed by atoms with van der Waals surface area (Å²) in [5.74, 6) is -0.117. The van der Waals surface area contributed by atoms with Crippen LogP contribution >= 0.6 is 11.6 Å². The average molecular weight is 307 g/mol. The third-order valence-corrected chi connectivity index (χ3v) is 2.89. The van der Waals surface area contributed by atoms with Gasteiger partial charge in [0.15, 0.2) is 5.82 Å². The van der Waals surface area contributed by atoms with E-state index in [1.165, 1.54) is 0 Å². The minimum atomic E-state index is -0.441. The molecule has 0 radical (unpaired) electrons. The van der Waals surface area contributed by atoms with E-state index >= 15 is 0 Å². The summed E-state index contributed by atoms with van der Waals surface area (Å²) >= 11 is 5.89. The van der Waals surface area contributed by atoms with Crippen LogP contribution in [0.2, 0.25) is 5.02 Å². The maximum atomic E-state index is 11.8. The third kappa shape index (κ3) is 3.82. The van der Waals surface area contributed by atoms with Gasteiger partial charge in [-0.3, -0.25) is 10.5 Å². The summed E-state index contributed by atoms with van der Waals surface area (Å²) in [7, 11) is 0. The number of H-pyrrole nitrogens is 1. The number of anilines is 1. The second-order valence-corrected chi connectivity index (χ2v) is 4.65. The van der Waals surface area contributed by atoms with Crippen LogP contribution in [0, 0.1) is 6.92 Å². The number of halogens is 1. The summed E-state index contributed by atoms with van der Waals surface area (Å²) in [6.45, 7) is 3.79. The van der Waals surface area contributed by atoms with Crippen LogP contribution in [0.15, 0.2) is 29.4 Å². The lowest BCUT2D eigenvalue weighted by molar-refractivity contribution is 0.0526. The van der Waals surface area contributed by atoms with Gasteiger partial charge in [-0.15, -0.1) is 0 Å². The molecular weight excluding hydrogens is 292 g/mol. The largest absolute Gasteiger partial charge is 0.462 e. The first-order valence-electron chi connectivity index (χ1n) is 6.38. The van der Waals surface area contributed by atoms with Crippen molar-refractivity contribution in [2.45, 2.75) is 13.8 Å². The number of nitrogens with zero attached hydrogens (tertiary/aromatic N) is 2. The Morgan fingerprint density at radius 2 is 2.38 bits per heavy atom. The molecule has 0 aliphatic carbocycles. The van der Waals surface area contributed by atoms with Gasteiger partial charge in [-0.05, 0) is 31.5 Å². The molecule has 0 atom stereocenters. The first-order chi connectivity index (χ1) is 10.1. The number of aromatic nitrogens is 2. The molecule has 2 rings (SSSR count). The van der Waals surface area contributed by atoms with Gasteiger partial charge in [0.1, 0.15) is 5.56 Å². The van der Waals surface area contributed by atoms with Crippen molar-refractivity contribution in [2.75, 3.05) is 12.0 Å². The van der Waals surface area contributed by atoms with Gasteiger partial charge < -0.3 is 4.74 Å². The van der Waals surface area contributed by atoms with Crippen LogP contribution in [0.5, 0.6) is 0 Å². The van der Waals surface area contributed by atoms with Crippen LogP contribution in [0.25, 0.3) is 0 Å². The van der Waals surface area contributed by atoms with E-state index < -0.39 is 5.97 Å². The summed E-state index contributed by atoms with van der Waals surface area (Å²) in [5.41, 5.74) is 4.52. The highest BCUT2D eigenvalue weighted by Gasteiger charge is 2.18. The molecular formula is C14H15ClN4O2. The van der Waals surface area contributed by atoms with E-state index in [4.69, 9.17) is 16.3 Å². The highest BCUT2D eigenvalue weighted by atomic mass is 35.5. The molecule has 1 heterocycles. The molecule has 0 fully saturated rings. The predicted molar refractivity (Wildman–Crippen MR) is 81.9 cm³/mol. The molecule has 110 valence electrons. The Balaban J connectivity index is 2.12. The van der Waals surface area contributed by atoms with E-state index in [2.05, 4.69) is 20.7 Å². The van der Waals surface area contributed by atoms with Crippen LogP contribution in [0.1, 0.15) is 28.5 Å². The van der Waals surface area contributed by atoms with Gasteiger partial charge in [0.2, 0.25) is 0 Å². The summed E-state index contributed by atoms with van der Waals surface area (Å²) in [4.78, 5) is 11.8. The van der Waals surface area contributed by atoms with E-state index in [9.17, 15) is 4.79 Å². The van der Waals surface area contributed by atoms with Crippen LogP contribution in [0.4, 0.5) is 5.82 Å². The number of rotatable bonds is 5. The van der Waals surface area contributed by atoms with Crippen LogP contribution in [-0.2, 0) is 4.74 Å². The molecule has 0 bridgehead atoms. The zero-order chi connectivity index (χ0) is 15.2. The number of nitrogens with one attached hydrogen (secondary N) is 2. The van der Waals surface area contributed by atoms with Gasteiger partial charge in [-0.2, -0.15) is 10.2 Å². The summed E-state index contributed by atoms with van der Waals surface area (Å²) in [5, 5.41) is 11.4. The van der Waals surface area contributed by atoms with Crippen molar-refractivity contribution in [3.8, 4) is 0 Å². The average Bonchev–Trinajstić information content (AvgIpc) is 2.80. The Kier molecular flexibility index (Phi) is 4.94. The summed E-state index contributed by atoms with van der Waals surface area (Å²) in [6, 6.07) is 7.24. The highest BCUT2D eigenvalue weighted by Crippen LogP contribution is 2.17. The van der Waals surface area contributed by atoms with E-state index in [1.54, 1.807) is 32.2 Å². The van der Waals surface area contributed by atoms with Gasteiger partial charge >= 0.3 is 5.97 Å². The normalized spacial score (nSPS) is 10.8. The second kappa shape index (κ2) is 6.90. The molecule has 21 heavy (non-hydrogen) atoms. The summed E-state index contributed by atoms with van der Waals surface area (Å²) < 4.78 is 4.98. The van der Waals surface area contributed by atoms with E-state index in [0.717, 1.165) is 5.56 Å². The van der Waals surface area contributed by atoms with Crippen molar-refractivity contribution in [1.82, 2.24) is 10.2 Å². The number of esters is 1. The number of hydrogen-bond donors (Lipinski definition) is 2. The smallest absolute Gasteiger partial charge is 0.343 e. The fourth-order valence-electron chi connectivity index (χ4n) is 1.72. The Morgan fingerprint density at radius 3 is 3.10 bits per heavy atom. The van der Waals surface area contributed by atoms with Crippen molar-refractivity contribution in [3.63, 3.8) is 0 Å². The molecule has 0 unspecified atom stereocenters. The standard InChI is InChI=1S/C14H15ClN4O2/c1-3-21-14(20)12-9(2)17-19-13(12)18-16-8-10-5-4-6-11(15)7-10/h4-8H,3H2,1-2H3,(H2,17,18,19)/b16-8-. The quantitative estimate of drug-likeness (QED) is 0.505. The Morgan fingerprint density at radius 1 is 1.57 bits per heavy atom. The minimum absolute atomic E-state index is 0.300. The first kappa shape index (κ1) is 15.1. The number of hydrazone groups is 1. The fraction of sp³-hybridized carbons (Fsp3) is 0.214. The number of benzene rings is 1.